The summed E-state index contributed by atoms with van der Waals surface area (Å²) in [5, 5.41) is 1.02. The molecule has 0 amide bonds. The Morgan fingerprint density at radius 3 is 1.52 bits per heavy atom. The monoisotopic (exact) mass is 382 g/mol. The van der Waals surface area contributed by atoms with Crippen molar-refractivity contribution < 1.29 is 9.59 Å². The molecular weight excluding hydrogens is 360 g/mol. The van der Waals surface area contributed by atoms with Gasteiger partial charge in [0.2, 0.25) is 10.2 Å². The lowest BCUT2D eigenvalue weighted by Crippen LogP contribution is -2.15. The SMILES string of the molecule is C=CC(=O)SCC(CSCC(CSC(=O)C=C)SC)SC. The predicted octanol–water partition coefficient (Wildman–Crippen LogP) is 4.07. The van der Waals surface area contributed by atoms with Crippen LogP contribution in [-0.4, -0.2) is 56.3 Å². The van der Waals surface area contributed by atoms with Crippen LogP contribution in [0.25, 0.3) is 0 Å². The summed E-state index contributed by atoms with van der Waals surface area (Å²) < 4.78 is 0. The van der Waals surface area contributed by atoms with Crippen LogP contribution < -0.4 is 0 Å². The Kier molecular flexibility index (Phi) is 14.6. The summed E-state index contributed by atoms with van der Waals surface area (Å²) in [7, 11) is 0. The molecule has 2 unspecified atom stereocenters. The zero-order valence-electron chi connectivity index (χ0n) is 12.4. The van der Waals surface area contributed by atoms with Crippen molar-refractivity contribution >= 4 is 69.0 Å². The molecule has 2 atom stereocenters. The number of hydrogen-bond donors (Lipinski definition) is 0. The van der Waals surface area contributed by atoms with Crippen LogP contribution in [0.1, 0.15) is 0 Å². The molecule has 120 valence electrons. The minimum atomic E-state index is 0.0420. The molecule has 21 heavy (non-hydrogen) atoms. The number of carbonyl (C=O) groups excluding carboxylic acids is 2. The quantitative estimate of drug-likeness (QED) is 0.471. The fourth-order valence-corrected chi connectivity index (χ4v) is 6.70. The Hall–Kier alpha value is 0.570. The summed E-state index contributed by atoms with van der Waals surface area (Å²) in [6.45, 7) is 6.96. The second-order valence-corrected chi connectivity index (χ2v) is 9.32. The van der Waals surface area contributed by atoms with E-state index in [1.807, 2.05) is 11.8 Å². The van der Waals surface area contributed by atoms with Gasteiger partial charge in [0.15, 0.2) is 0 Å². The normalized spacial score (nSPS) is 13.4. The second-order valence-electron chi connectivity index (χ2n) is 3.92. The van der Waals surface area contributed by atoms with Gasteiger partial charge in [0.25, 0.3) is 0 Å². The second kappa shape index (κ2) is 14.2. The molecular formula is C14H22O2S5. The van der Waals surface area contributed by atoms with Crippen molar-refractivity contribution in [3.05, 3.63) is 25.3 Å². The van der Waals surface area contributed by atoms with Crippen LogP contribution in [0.5, 0.6) is 0 Å². The van der Waals surface area contributed by atoms with Gasteiger partial charge in [-0.3, -0.25) is 9.59 Å². The van der Waals surface area contributed by atoms with Crippen molar-refractivity contribution in [3.63, 3.8) is 0 Å². The first-order valence-corrected chi connectivity index (χ1v) is 12.0. The van der Waals surface area contributed by atoms with Crippen LogP contribution in [0.3, 0.4) is 0 Å². The van der Waals surface area contributed by atoms with Crippen molar-refractivity contribution in [1.82, 2.24) is 0 Å². The van der Waals surface area contributed by atoms with E-state index in [4.69, 9.17) is 0 Å². The first-order chi connectivity index (χ1) is 10.1. The molecule has 0 aliphatic rings. The average molecular weight is 383 g/mol. The maximum Gasteiger partial charge on any atom is 0.211 e. The zero-order valence-corrected chi connectivity index (χ0v) is 16.5. The Balaban J connectivity index is 3.94. The molecule has 0 radical (unpaired) electrons. The molecule has 0 aromatic heterocycles. The van der Waals surface area contributed by atoms with E-state index in [0.29, 0.717) is 10.5 Å². The topological polar surface area (TPSA) is 34.1 Å². The third kappa shape index (κ3) is 11.8. The Morgan fingerprint density at radius 2 is 1.24 bits per heavy atom. The minimum Gasteiger partial charge on any atom is -0.282 e. The zero-order chi connectivity index (χ0) is 16.1. The van der Waals surface area contributed by atoms with Crippen LogP contribution in [-0.2, 0) is 9.59 Å². The summed E-state index contributed by atoms with van der Waals surface area (Å²) in [6, 6.07) is 0. The van der Waals surface area contributed by atoms with Gasteiger partial charge in [-0.25, -0.2) is 0 Å². The lowest BCUT2D eigenvalue weighted by molar-refractivity contribution is -0.107. The fraction of sp³-hybridized carbons (Fsp3) is 0.571. The van der Waals surface area contributed by atoms with Crippen LogP contribution in [0.4, 0.5) is 0 Å². The Labute approximate surface area is 149 Å². The molecule has 0 aliphatic carbocycles. The molecule has 0 aliphatic heterocycles. The minimum absolute atomic E-state index is 0.0420. The third-order valence-electron chi connectivity index (χ3n) is 2.43. The largest absolute Gasteiger partial charge is 0.282 e. The van der Waals surface area contributed by atoms with Gasteiger partial charge in [0, 0.05) is 33.5 Å². The van der Waals surface area contributed by atoms with E-state index in [0.717, 1.165) is 23.0 Å². The lowest BCUT2D eigenvalue weighted by Gasteiger charge is -2.16. The molecule has 0 heterocycles. The van der Waals surface area contributed by atoms with Gasteiger partial charge >= 0.3 is 0 Å². The van der Waals surface area contributed by atoms with Crippen LogP contribution in [0.2, 0.25) is 0 Å². The highest BCUT2D eigenvalue weighted by atomic mass is 32.2. The van der Waals surface area contributed by atoms with Crippen molar-refractivity contribution in [2.45, 2.75) is 10.5 Å². The summed E-state index contributed by atoms with van der Waals surface area (Å²) in [5.74, 6) is 3.70. The fourth-order valence-electron chi connectivity index (χ4n) is 1.17. The van der Waals surface area contributed by atoms with Crippen LogP contribution in [0, 0.1) is 0 Å². The average Bonchev–Trinajstić information content (AvgIpc) is 2.52. The van der Waals surface area contributed by atoms with Gasteiger partial charge in [-0.2, -0.15) is 35.3 Å². The van der Waals surface area contributed by atoms with Crippen LogP contribution in [0.15, 0.2) is 25.3 Å². The molecule has 0 N–H and O–H groups in total. The van der Waals surface area contributed by atoms with Gasteiger partial charge in [0.1, 0.15) is 0 Å². The van der Waals surface area contributed by atoms with E-state index in [9.17, 15) is 9.59 Å². The van der Waals surface area contributed by atoms with Gasteiger partial charge in [-0.15, -0.1) is 0 Å². The molecule has 0 saturated heterocycles. The van der Waals surface area contributed by atoms with Crippen molar-refractivity contribution in [3.8, 4) is 0 Å². The van der Waals surface area contributed by atoms with E-state index >= 15 is 0 Å². The first-order valence-electron chi connectivity index (χ1n) is 6.29. The van der Waals surface area contributed by atoms with Crippen molar-refractivity contribution in [2.75, 3.05) is 35.5 Å². The molecule has 0 saturated carbocycles. The smallest absolute Gasteiger partial charge is 0.211 e. The first kappa shape index (κ1) is 21.6. The molecule has 0 rings (SSSR count). The lowest BCUT2D eigenvalue weighted by atomic mass is 10.5. The molecule has 0 spiro atoms. The van der Waals surface area contributed by atoms with Gasteiger partial charge in [-0.1, -0.05) is 36.7 Å². The third-order valence-corrected chi connectivity index (χ3v) is 8.59. The number of hydrogen-bond acceptors (Lipinski definition) is 7. The molecule has 0 bridgehead atoms. The number of thioether (sulfide) groups is 5. The van der Waals surface area contributed by atoms with E-state index in [2.05, 4.69) is 25.7 Å². The van der Waals surface area contributed by atoms with Gasteiger partial charge in [-0.05, 0) is 24.7 Å². The Morgan fingerprint density at radius 1 is 0.857 bits per heavy atom. The highest BCUT2D eigenvalue weighted by Crippen LogP contribution is 2.23. The highest BCUT2D eigenvalue weighted by Gasteiger charge is 2.13. The number of rotatable bonds is 12. The van der Waals surface area contributed by atoms with Crippen molar-refractivity contribution in [2.24, 2.45) is 0 Å². The van der Waals surface area contributed by atoms with Crippen molar-refractivity contribution in [1.29, 1.82) is 0 Å². The molecule has 0 aromatic carbocycles. The summed E-state index contributed by atoms with van der Waals surface area (Å²) in [6.07, 6.45) is 6.89. The van der Waals surface area contributed by atoms with E-state index in [-0.39, 0.29) is 10.2 Å². The highest BCUT2D eigenvalue weighted by molar-refractivity contribution is 8.15. The molecule has 7 heteroatoms. The van der Waals surface area contributed by atoms with E-state index in [1.54, 1.807) is 23.5 Å². The van der Waals surface area contributed by atoms with E-state index < -0.39 is 0 Å². The molecule has 0 aromatic rings. The maximum absolute atomic E-state index is 11.2. The Bertz CT molecular complexity index is 314. The number of carbonyl (C=O) groups is 2. The summed E-state index contributed by atoms with van der Waals surface area (Å²) in [5.41, 5.74) is 0. The summed E-state index contributed by atoms with van der Waals surface area (Å²) >= 11 is 8.16. The van der Waals surface area contributed by atoms with Crippen LogP contribution >= 0.6 is 58.8 Å². The maximum atomic E-state index is 11.2. The summed E-state index contributed by atoms with van der Waals surface area (Å²) in [4.78, 5) is 22.4. The van der Waals surface area contributed by atoms with Gasteiger partial charge < -0.3 is 0 Å². The van der Waals surface area contributed by atoms with E-state index in [1.165, 1.54) is 35.7 Å². The standard InChI is InChI=1S/C14H22O2S5/c1-5-13(15)20-9-11(17-3)7-19-8-12(18-4)10-21-14(16)6-2/h5-6,11-12H,1-2,7-10H2,3-4H3. The molecule has 0 fully saturated rings. The molecule has 2 nitrogen and oxygen atoms in total. The predicted molar refractivity (Wildman–Crippen MR) is 107 cm³/mol. The van der Waals surface area contributed by atoms with Gasteiger partial charge in [0.05, 0.1) is 0 Å².